The normalized spacial score (nSPS) is 19.4. The van der Waals surface area contributed by atoms with Gasteiger partial charge in [0.05, 0.1) is 6.61 Å². The molecule has 8 N–H and O–H groups in total. The van der Waals surface area contributed by atoms with Crippen LogP contribution in [0.5, 0.6) is 0 Å². The summed E-state index contributed by atoms with van der Waals surface area (Å²) in [6.45, 7) is 9.37. The van der Waals surface area contributed by atoms with Gasteiger partial charge < -0.3 is 27.7 Å². The van der Waals surface area contributed by atoms with E-state index in [9.17, 15) is 0 Å². The number of unbranched alkanes of at least 4 members (excludes halogenated alkanes) is 1. The number of rotatable bonds is 5. The lowest BCUT2D eigenvalue weighted by Gasteiger charge is -2.05. The molecule has 0 radical (unpaired) electrons. The van der Waals surface area contributed by atoms with Crippen molar-refractivity contribution in [2.75, 3.05) is 33.4 Å². The average Bonchev–Trinajstić information content (AvgIpc) is 2.86. The minimum atomic E-state index is 0.514. The second-order valence-corrected chi connectivity index (χ2v) is 5.28. The molecule has 5 heteroatoms. The molecule has 132 valence electrons. The Labute approximate surface area is 133 Å². The summed E-state index contributed by atoms with van der Waals surface area (Å²) in [6, 6.07) is 0.514. The fraction of sp³-hybridized carbons (Fsp3) is 1.00. The highest BCUT2D eigenvalue weighted by molar-refractivity contribution is 4.75. The van der Waals surface area contributed by atoms with Crippen LogP contribution in [0.3, 0.4) is 0 Å². The van der Waals surface area contributed by atoms with Gasteiger partial charge in [0.25, 0.3) is 0 Å². The summed E-state index contributed by atoms with van der Waals surface area (Å²) in [5.74, 6) is 0.792. The molecule has 2 unspecified atom stereocenters. The summed E-state index contributed by atoms with van der Waals surface area (Å²) in [5.41, 5.74) is 20.9. The quantitative estimate of drug-likeness (QED) is 0.619. The maximum absolute atomic E-state index is 5.68. The van der Waals surface area contributed by atoms with E-state index in [1.165, 1.54) is 32.1 Å². The number of hydrogen-bond acceptors (Lipinski definition) is 5. The second kappa shape index (κ2) is 24.8. The minimum Gasteiger partial charge on any atom is -0.383 e. The zero-order valence-electron chi connectivity index (χ0n) is 14.9. The molecule has 1 aliphatic rings. The van der Waals surface area contributed by atoms with Crippen LogP contribution in [0, 0.1) is 5.92 Å². The molecule has 0 aromatic heterocycles. The van der Waals surface area contributed by atoms with Crippen LogP contribution in [0.2, 0.25) is 0 Å². The first kappa shape index (κ1) is 25.7. The van der Waals surface area contributed by atoms with E-state index in [0.29, 0.717) is 19.2 Å². The third-order valence-electron chi connectivity index (χ3n) is 3.10. The molecule has 0 spiro atoms. The standard InChI is InChI=1S/C6H13N.C4H11N.C3H9NO.C3H9N/c1-5-3-2-4-6(5)7;1-2-3-4-5;1-5-3-2-4;1-2-3-4/h5-6H,2-4,7H2,1H3;2-5H2,1H3;2-4H2,1H3;2-4H2,1H3. The molecule has 1 rings (SSSR count). The zero-order valence-corrected chi connectivity index (χ0v) is 14.9. The van der Waals surface area contributed by atoms with Crippen molar-refractivity contribution in [3.05, 3.63) is 0 Å². The maximum Gasteiger partial charge on any atom is 0.0584 e. The van der Waals surface area contributed by atoms with Gasteiger partial charge in [0.1, 0.15) is 0 Å². The topological polar surface area (TPSA) is 113 Å². The van der Waals surface area contributed by atoms with E-state index in [2.05, 4.69) is 25.5 Å². The molecular formula is C16H42N4O. The summed E-state index contributed by atoms with van der Waals surface area (Å²) in [5, 5.41) is 0. The lowest BCUT2D eigenvalue weighted by molar-refractivity contribution is 0.207. The summed E-state index contributed by atoms with van der Waals surface area (Å²) in [7, 11) is 1.63. The first-order valence-electron chi connectivity index (χ1n) is 8.40. The predicted molar refractivity (Wildman–Crippen MR) is 95.2 cm³/mol. The van der Waals surface area contributed by atoms with Crippen LogP contribution in [0.15, 0.2) is 0 Å². The van der Waals surface area contributed by atoms with Crippen LogP contribution in [-0.4, -0.2) is 39.4 Å². The Hall–Kier alpha value is -0.200. The third kappa shape index (κ3) is 28.6. The third-order valence-corrected chi connectivity index (χ3v) is 3.10. The molecule has 2 atom stereocenters. The zero-order chi connectivity index (χ0) is 16.9. The van der Waals surface area contributed by atoms with Crippen LogP contribution in [-0.2, 0) is 4.74 Å². The SMILES string of the molecule is CC1CCCC1N.CCCCN.CCCN.COCCN. The smallest absolute Gasteiger partial charge is 0.0584 e. The monoisotopic (exact) mass is 306 g/mol. The highest BCUT2D eigenvalue weighted by Crippen LogP contribution is 2.22. The highest BCUT2D eigenvalue weighted by atomic mass is 16.5. The number of hydrogen-bond donors (Lipinski definition) is 4. The minimum absolute atomic E-state index is 0.514. The molecule has 0 amide bonds. The van der Waals surface area contributed by atoms with Gasteiger partial charge in [0.2, 0.25) is 0 Å². The van der Waals surface area contributed by atoms with E-state index in [1.807, 2.05) is 0 Å². The van der Waals surface area contributed by atoms with Crippen molar-refractivity contribution in [2.45, 2.75) is 65.3 Å². The lowest BCUT2D eigenvalue weighted by Crippen LogP contribution is -2.21. The van der Waals surface area contributed by atoms with E-state index < -0.39 is 0 Å². The Kier molecular flexibility index (Phi) is 30.4. The molecule has 0 bridgehead atoms. The van der Waals surface area contributed by atoms with Crippen molar-refractivity contribution in [3.8, 4) is 0 Å². The number of methoxy groups -OCH3 is 1. The van der Waals surface area contributed by atoms with Crippen LogP contribution < -0.4 is 22.9 Å². The Balaban J connectivity index is -0.000000212. The van der Waals surface area contributed by atoms with Crippen molar-refractivity contribution in [1.29, 1.82) is 0 Å². The van der Waals surface area contributed by atoms with Crippen LogP contribution >= 0.6 is 0 Å². The van der Waals surface area contributed by atoms with Crippen molar-refractivity contribution >= 4 is 0 Å². The van der Waals surface area contributed by atoms with E-state index >= 15 is 0 Å². The summed E-state index contributed by atoms with van der Waals surface area (Å²) in [6.07, 6.45) is 7.43. The van der Waals surface area contributed by atoms with Crippen LogP contribution in [0.1, 0.15) is 59.3 Å². The molecule has 1 aliphatic carbocycles. The number of nitrogens with two attached hydrogens (primary N) is 4. The molecule has 21 heavy (non-hydrogen) atoms. The van der Waals surface area contributed by atoms with Gasteiger partial charge in [-0.05, 0) is 44.7 Å². The highest BCUT2D eigenvalue weighted by Gasteiger charge is 2.18. The molecule has 5 nitrogen and oxygen atoms in total. The van der Waals surface area contributed by atoms with Gasteiger partial charge in [-0.2, -0.15) is 0 Å². The van der Waals surface area contributed by atoms with Gasteiger partial charge in [-0.1, -0.05) is 33.6 Å². The molecule has 1 fully saturated rings. The van der Waals surface area contributed by atoms with E-state index in [1.54, 1.807) is 7.11 Å². The van der Waals surface area contributed by atoms with Crippen molar-refractivity contribution < 1.29 is 4.74 Å². The fourth-order valence-electron chi connectivity index (χ4n) is 1.50. The van der Waals surface area contributed by atoms with Gasteiger partial charge in [0, 0.05) is 19.7 Å². The van der Waals surface area contributed by atoms with Gasteiger partial charge in [0.15, 0.2) is 0 Å². The first-order chi connectivity index (χ1) is 10.0. The van der Waals surface area contributed by atoms with Crippen molar-refractivity contribution in [3.63, 3.8) is 0 Å². The number of ether oxygens (including phenoxy) is 1. The Morgan fingerprint density at radius 1 is 0.952 bits per heavy atom. The van der Waals surface area contributed by atoms with Crippen molar-refractivity contribution in [1.82, 2.24) is 0 Å². The maximum atomic E-state index is 5.68. The van der Waals surface area contributed by atoms with Crippen molar-refractivity contribution in [2.24, 2.45) is 28.9 Å². The van der Waals surface area contributed by atoms with Gasteiger partial charge in [-0.3, -0.25) is 0 Å². The Morgan fingerprint density at radius 2 is 1.52 bits per heavy atom. The molecule has 0 aliphatic heterocycles. The summed E-state index contributed by atoms with van der Waals surface area (Å²) < 4.78 is 4.57. The molecule has 0 aromatic rings. The fourth-order valence-corrected chi connectivity index (χ4v) is 1.50. The van der Waals surface area contributed by atoms with E-state index in [4.69, 9.17) is 22.9 Å². The van der Waals surface area contributed by atoms with Crippen LogP contribution in [0.4, 0.5) is 0 Å². The first-order valence-corrected chi connectivity index (χ1v) is 8.40. The Morgan fingerprint density at radius 3 is 1.57 bits per heavy atom. The van der Waals surface area contributed by atoms with E-state index in [0.717, 1.165) is 25.4 Å². The predicted octanol–water partition coefficient (Wildman–Crippen LogP) is 1.83. The van der Waals surface area contributed by atoms with Crippen LogP contribution in [0.25, 0.3) is 0 Å². The summed E-state index contributed by atoms with van der Waals surface area (Å²) >= 11 is 0. The largest absolute Gasteiger partial charge is 0.383 e. The lowest BCUT2D eigenvalue weighted by atomic mass is 10.1. The molecule has 1 saturated carbocycles. The van der Waals surface area contributed by atoms with E-state index in [-0.39, 0.29) is 0 Å². The van der Waals surface area contributed by atoms with Gasteiger partial charge >= 0.3 is 0 Å². The molecule has 0 heterocycles. The van der Waals surface area contributed by atoms with Gasteiger partial charge in [-0.15, -0.1) is 0 Å². The Bertz CT molecular complexity index is 139. The molecule has 0 saturated heterocycles. The second-order valence-electron chi connectivity index (χ2n) is 5.28. The average molecular weight is 307 g/mol. The molecule has 0 aromatic carbocycles. The molecular weight excluding hydrogens is 264 g/mol. The summed E-state index contributed by atoms with van der Waals surface area (Å²) in [4.78, 5) is 0. The van der Waals surface area contributed by atoms with Gasteiger partial charge in [-0.25, -0.2) is 0 Å².